The molecule has 0 aliphatic carbocycles. The first-order chi connectivity index (χ1) is 14.5. The molecular weight excluding hydrogens is 392 g/mol. The fourth-order valence-electron chi connectivity index (χ4n) is 3.87. The van der Waals surface area contributed by atoms with E-state index >= 15 is 0 Å². The number of hydrogen-bond donors (Lipinski definition) is 0. The first-order valence-electron chi connectivity index (χ1n) is 9.56. The average Bonchev–Trinajstić information content (AvgIpc) is 3.27. The molecule has 0 aromatic heterocycles. The fraction of sp³-hybridized carbons (Fsp3) is 0.333. The number of amides is 1. The Morgan fingerprint density at radius 3 is 2.57 bits per heavy atom. The molecule has 9 nitrogen and oxygen atoms in total. The van der Waals surface area contributed by atoms with Crippen molar-refractivity contribution < 1.29 is 28.7 Å². The van der Waals surface area contributed by atoms with Crippen LogP contribution in [0.4, 0.5) is 5.69 Å². The van der Waals surface area contributed by atoms with Gasteiger partial charge in [-0.2, -0.15) is 0 Å². The van der Waals surface area contributed by atoms with E-state index in [-0.39, 0.29) is 28.8 Å². The molecule has 0 N–H and O–H groups in total. The number of carbonyl (C=O) groups is 2. The second-order valence-corrected chi connectivity index (χ2v) is 7.08. The maximum absolute atomic E-state index is 13.3. The van der Waals surface area contributed by atoms with Gasteiger partial charge in [-0.3, -0.25) is 14.9 Å². The standard InChI is InChI=1S/C21H20N2O7/c1-28-21(25)15-9-14(10-16(11-15)23(26)27)20(24)22-6-2-3-17(22)13-4-5-18-19(12-13)30-8-7-29-18/h4-5,9-12,17H,2-3,6-8H2,1H3/t17-/m0/s1. The van der Waals surface area contributed by atoms with Crippen molar-refractivity contribution in [1.29, 1.82) is 0 Å². The topological polar surface area (TPSA) is 108 Å². The number of likely N-dealkylation sites (tertiary alicyclic amines) is 1. The molecule has 2 aromatic rings. The van der Waals surface area contributed by atoms with Gasteiger partial charge in [0.05, 0.1) is 23.6 Å². The number of non-ortho nitro benzene ring substituents is 1. The van der Waals surface area contributed by atoms with Gasteiger partial charge in [0.1, 0.15) is 13.2 Å². The molecule has 0 saturated carbocycles. The lowest BCUT2D eigenvalue weighted by Gasteiger charge is -2.27. The normalized spacial score (nSPS) is 17.5. The third-order valence-corrected chi connectivity index (χ3v) is 5.26. The van der Waals surface area contributed by atoms with Crippen molar-refractivity contribution in [2.24, 2.45) is 0 Å². The number of fused-ring (bicyclic) bond motifs is 1. The van der Waals surface area contributed by atoms with Crippen molar-refractivity contribution in [2.75, 3.05) is 26.9 Å². The smallest absolute Gasteiger partial charge is 0.338 e. The van der Waals surface area contributed by atoms with E-state index in [1.54, 1.807) is 4.90 Å². The van der Waals surface area contributed by atoms with Crippen LogP contribution in [0.3, 0.4) is 0 Å². The number of nitrogens with zero attached hydrogens (tertiary/aromatic N) is 2. The lowest BCUT2D eigenvalue weighted by Crippen LogP contribution is -2.31. The predicted octanol–water partition coefficient (Wildman–Crippen LogP) is 3.13. The number of ether oxygens (including phenoxy) is 3. The Balaban J connectivity index is 1.66. The molecule has 0 radical (unpaired) electrons. The predicted molar refractivity (Wildman–Crippen MR) is 105 cm³/mol. The highest BCUT2D eigenvalue weighted by molar-refractivity contribution is 5.99. The molecule has 0 unspecified atom stereocenters. The summed E-state index contributed by atoms with van der Waals surface area (Å²) in [6.07, 6.45) is 1.55. The number of methoxy groups -OCH3 is 1. The average molecular weight is 412 g/mol. The Morgan fingerprint density at radius 2 is 1.83 bits per heavy atom. The van der Waals surface area contributed by atoms with Gasteiger partial charge in [-0.05, 0) is 36.6 Å². The Labute approximate surface area is 172 Å². The van der Waals surface area contributed by atoms with E-state index in [0.717, 1.165) is 24.5 Å². The summed E-state index contributed by atoms with van der Waals surface area (Å²) in [4.78, 5) is 37.5. The Bertz CT molecular complexity index is 1020. The maximum Gasteiger partial charge on any atom is 0.338 e. The van der Waals surface area contributed by atoms with Gasteiger partial charge in [0.15, 0.2) is 11.5 Å². The summed E-state index contributed by atoms with van der Waals surface area (Å²) >= 11 is 0. The van der Waals surface area contributed by atoms with Gasteiger partial charge >= 0.3 is 5.97 Å². The quantitative estimate of drug-likeness (QED) is 0.431. The van der Waals surface area contributed by atoms with Crippen molar-refractivity contribution in [3.63, 3.8) is 0 Å². The zero-order chi connectivity index (χ0) is 21.3. The van der Waals surface area contributed by atoms with Crippen molar-refractivity contribution >= 4 is 17.6 Å². The zero-order valence-corrected chi connectivity index (χ0v) is 16.3. The number of carbonyl (C=O) groups excluding carboxylic acids is 2. The summed E-state index contributed by atoms with van der Waals surface area (Å²) in [5.41, 5.74) is 0.610. The van der Waals surface area contributed by atoms with Gasteiger partial charge < -0.3 is 19.1 Å². The highest BCUT2D eigenvalue weighted by Gasteiger charge is 2.32. The molecule has 1 atom stereocenters. The summed E-state index contributed by atoms with van der Waals surface area (Å²) < 4.78 is 15.9. The summed E-state index contributed by atoms with van der Waals surface area (Å²) in [7, 11) is 1.18. The van der Waals surface area contributed by atoms with Gasteiger partial charge in [0.25, 0.3) is 11.6 Å². The van der Waals surface area contributed by atoms with Crippen molar-refractivity contribution in [2.45, 2.75) is 18.9 Å². The van der Waals surface area contributed by atoms with Gasteiger partial charge in [-0.15, -0.1) is 0 Å². The van der Waals surface area contributed by atoms with Gasteiger partial charge in [0.2, 0.25) is 0 Å². The van der Waals surface area contributed by atoms with Crippen LogP contribution in [0.5, 0.6) is 11.5 Å². The van der Waals surface area contributed by atoms with E-state index in [2.05, 4.69) is 4.74 Å². The first kappa shape index (κ1) is 19.7. The van der Waals surface area contributed by atoms with Crippen LogP contribution in [-0.2, 0) is 4.74 Å². The summed E-state index contributed by atoms with van der Waals surface area (Å²) in [5, 5.41) is 11.3. The van der Waals surface area contributed by atoms with E-state index in [0.29, 0.717) is 31.3 Å². The molecule has 2 aliphatic rings. The minimum absolute atomic E-state index is 0.0369. The molecule has 9 heteroatoms. The Kier molecular flexibility index (Phi) is 5.26. The van der Waals surface area contributed by atoms with E-state index in [1.807, 2.05) is 18.2 Å². The molecular formula is C21H20N2O7. The first-order valence-corrected chi connectivity index (χ1v) is 9.56. The minimum atomic E-state index is -0.738. The van der Waals surface area contributed by atoms with Crippen LogP contribution in [0.25, 0.3) is 0 Å². The number of esters is 1. The third-order valence-electron chi connectivity index (χ3n) is 5.26. The molecule has 30 heavy (non-hydrogen) atoms. The second-order valence-electron chi connectivity index (χ2n) is 7.08. The van der Waals surface area contributed by atoms with Crippen LogP contribution in [0.2, 0.25) is 0 Å². The molecule has 4 rings (SSSR count). The third kappa shape index (κ3) is 3.66. The number of nitro benzene ring substituents is 1. The molecule has 0 bridgehead atoms. The van der Waals surface area contributed by atoms with Crippen LogP contribution in [0, 0.1) is 10.1 Å². The largest absolute Gasteiger partial charge is 0.486 e. The number of benzene rings is 2. The van der Waals surface area contributed by atoms with Crippen LogP contribution >= 0.6 is 0 Å². The van der Waals surface area contributed by atoms with E-state index < -0.39 is 10.9 Å². The molecule has 0 spiro atoms. The molecule has 156 valence electrons. The molecule has 2 aromatic carbocycles. The van der Waals surface area contributed by atoms with Crippen LogP contribution in [0.1, 0.15) is 45.2 Å². The Morgan fingerprint density at radius 1 is 1.10 bits per heavy atom. The maximum atomic E-state index is 13.3. The van der Waals surface area contributed by atoms with Crippen molar-refractivity contribution in [3.8, 4) is 11.5 Å². The lowest BCUT2D eigenvalue weighted by molar-refractivity contribution is -0.384. The van der Waals surface area contributed by atoms with Crippen LogP contribution in [0.15, 0.2) is 36.4 Å². The van der Waals surface area contributed by atoms with E-state index in [1.165, 1.54) is 19.2 Å². The molecule has 1 amide bonds. The zero-order valence-electron chi connectivity index (χ0n) is 16.3. The van der Waals surface area contributed by atoms with Crippen LogP contribution < -0.4 is 9.47 Å². The second kappa shape index (κ2) is 8.02. The molecule has 1 saturated heterocycles. The monoisotopic (exact) mass is 412 g/mol. The van der Waals surface area contributed by atoms with Crippen LogP contribution in [-0.4, -0.2) is 48.6 Å². The number of hydrogen-bond acceptors (Lipinski definition) is 7. The fourth-order valence-corrected chi connectivity index (χ4v) is 3.87. The van der Waals surface area contributed by atoms with E-state index in [9.17, 15) is 19.7 Å². The minimum Gasteiger partial charge on any atom is -0.486 e. The van der Waals surface area contributed by atoms with E-state index in [4.69, 9.17) is 9.47 Å². The van der Waals surface area contributed by atoms with Crippen molar-refractivity contribution in [1.82, 2.24) is 4.90 Å². The summed E-state index contributed by atoms with van der Waals surface area (Å²) in [6.45, 7) is 1.47. The molecule has 2 heterocycles. The molecule has 1 fully saturated rings. The highest BCUT2D eigenvalue weighted by atomic mass is 16.6. The number of rotatable bonds is 4. The highest BCUT2D eigenvalue weighted by Crippen LogP contribution is 2.38. The Hall–Kier alpha value is -3.62. The summed E-state index contributed by atoms with van der Waals surface area (Å²) in [5.74, 6) is 0.197. The van der Waals surface area contributed by atoms with Gasteiger partial charge in [-0.1, -0.05) is 6.07 Å². The summed E-state index contributed by atoms with van der Waals surface area (Å²) in [6, 6.07) is 9.02. The van der Waals surface area contributed by atoms with Crippen molar-refractivity contribution in [3.05, 3.63) is 63.2 Å². The van der Waals surface area contributed by atoms with Gasteiger partial charge in [-0.25, -0.2) is 4.79 Å². The SMILES string of the molecule is COC(=O)c1cc(C(=O)N2CCC[C@H]2c2ccc3c(c2)OCCO3)cc([N+](=O)[O-])c1. The lowest BCUT2D eigenvalue weighted by atomic mass is 10.0. The number of nitro groups is 1. The van der Waals surface area contributed by atoms with Gasteiger partial charge in [0, 0.05) is 24.2 Å². The molecule has 2 aliphatic heterocycles.